The molecule has 0 spiro atoms. The Kier molecular flexibility index (Phi) is 4.24. The zero-order chi connectivity index (χ0) is 22.1. The highest BCUT2D eigenvalue weighted by molar-refractivity contribution is 6.31. The number of allylic oxidation sites excluding steroid dienone is 2. The smallest absolute Gasteiger partial charge is 0.255 e. The molecule has 2 bridgehead atoms. The molecule has 1 heterocycles. The molecule has 1 saturated heterocycles. The second-order valence-electron chi connectivity index (χ2n) is 9.01. The molecule has 7 heteroatoms. The maximum Gasteiger partial charge on any atom is 0.255 e. The van der Waals surface area contributed by atoms with Crippen molar-refractivity contribution >= 4 is 40.7 Å². The molecule has 2 aromatic carbocycles. The number of benzene rings is 2. The Hall–Kier alpha value is -3.12. The van der Waals surface area contributed by atoms with Crippen molar-refractivity contribution in [2.24, 2.45) is 35.5 Å². The van der Waals surface area contributed by atoms with Crippen molar-refractivity contribution in [3.63, 3.8) is 0 Å². The number of carbonyl (C=O) groups is 3. The molecule has 2 aromatic rings. The average molecular weight is 449 g/mol. The third-order valence-corrected chi connectivity index (χ3v) is 7.70. The standard InChI is InChI=1S/C25H21ClN2O4/c1-32-20-9-4-13(26)10-19(20)27-23(29)12-2-5-14(6-3-12)28-24(30)21-15-7-8-16(18-11-17(15)18)22(21)25(28)31/h2-10,15-18,21-22H,11H2,1H3,(H,27,29)/t15-,16-,17-,18+,21-,22+/m0/s1. The van der Waals surface area contributed by atoms with E-state index in [9.17, 15) is 14.4 Å². The number of ether oxygens (including phenoxy) is 1. The van der Waals surface area contributed by atoms with Gasteiger partial charge in [-0.3, -0.25) is 19.3 Å². The Bertz CT molecular complexity index is 1150. The summed E-state index contributed by atoms with van der Waals surface area (Å²) in [5.41, 5.74) is 1.37. The summed E-state index contributed by atoms with van der Waals surface area (Å²) in [5, 5.41) is 3.27. The average Bonchev–Trinajstić information content (AvgIpc) is 3.57. The fourth-order valence-electron chi connectivity index (χ4n) is 5.95. The molecular weight excluding hydrogens is 428 g/mol. The van der Waals surface area contributed by atoms with Crippen molar-refractivity contribution in [2.75, 3.05) is 17.3 Å². The number of methoxy groups -OCH3 is 1. The van der Waals surface area contributed by atoms with E-state index in [1.807, 2.05) is 0 Å². The molecule has 7 rings (SSSR count). The van der Waals surface area contributed by atoms with Gasteiger partial charge in [0.25, 0.3) is 5.91 Å². The summed E-state index contributed by atoms with van der Waals surface area (Å²) in [6.45, 7) is 0. The monoisotopic (exact) mass is 448 g/mol. The lowest BCUT2D eigenvalue weighted by Gasteiger charge is -2.37. The molecule has 162 valence electrons. The van der Waals surface area contributed by atoms with Crippen LogP contribution in [0.1, 0.15) is 16.8 Å². The first-order valence-corrected chi connectivity index (χ1v) is 11.2. The molecule has 5 aliphatic rings. The van der Waals surface area contributed by atoms with Crippen LogP contribution in [0.25, 0.3) is 0 Å². The van der Waals surface area contributed by atoms with E-state index in [0.717, 1.165) is 6.42 Å². The first-order chi connectivity index (χ1) is 15.5. The molecule has 0 unspecified atom stereocenters. The molecule has 0 radical (unpaired) electrons. The minimum Gasteiger partial charge on any atom is -0.495 e. The van der Waals surface area contributed by atoms with Gasteiger partial charge in [0.1, 0.15) is 5.75 Å². The van der Waals surface area contributed by atoms with Crippen LogP contribution in [0.5, 0.6) is 5.75 Å². The number of nitrogens with zero attached hydrogens (tertiary/aromatic N) is 1. The molecule has 4 aliphatic carbocycles. The summed E-state index contributed by atoms with van der Waals surface area (Å²) in [4.78, 5) is 40.5. The van der Waals surface area contributed by atoms with E-state index < -0.39 is 0 Å². The van der Waals surface area contributed by atoms with Crippen LogP contribution in [0.2, 0.25) is 5.02 Å². The highest BCUT2D eigenvalue weighted by Gasteiger charge is 2.67. The number of amides is 3. The number of nitrogens with one attached hydrogen (secondary N) is 1. The first-order valence-electron chi connectivity index (χ1n) is 10.8. The van der Waals surface area contributed by atoms with Gasteiger partial charge >= 0.3 is 0 Å². The molecular formula is C25H21ClN2O4. The van der Waals surface area contributed by atoms with Crippen molar-refractivity contribution in [2.45, 2.75) is 6.42 Å². The van der Waals surface area contributed by atoms with Crippen molar-refractivity contribution < 1.29 is 19.1 Å². The molecule has 1 aliphatic heterocycles. The first kappa shape index (κ1) is 19.6. The number of anilines is 2. The van der Waals surface area contributed by atoms with Gasteiger partial charge in [0, 0.05) is 10.6 Å². The summed E-state index contributed by atoms with van der Waals surface area (Å²) in [7, 11) is 1.51. The van der Waals surface area contributed by atoms with Crippen LogP contribution >= 0.6 is 11.6 Å². The minimum atomic E-state index is -0.341. The lowest BCUT2D eigenvalue weighted by atomic mass is 9.63. The summed E-state index contributed by atoms with van der Waals surface area (Å²) in [5.74, 6) is 0.984. The van der Waals surface area contributed by atoms with Crippen molar-refractivity contribution in [3.05, 3.63) is 65.2 Å². The van der Waals surface area contributed by atoms with E-state index >= 15 is 0 Å². The summed E-state index contributed by atoms with van der Waals surface area (Å²) in [6.07, 6.45) is 5.45. The topological polar surface area (TPSA) is 75.7 Å². The number of rotatable bonds is 4. The van der Waals surface area contributed by atoms with Gasteiger partial charge in [-0.15, -0.1) is 0 Å². The number of imide groups is 1. The number of carbonyl (C=O) groups excluding carboxylic acids is 3. The minimum absolute atomic E-state index is 0.106. The van der Waals surface area contributed by atoms with Crippen LogP contribution in [0.15, 0.2) is 54.6 Å². The predicted molar refractivity (Wildman–Crippen MR) is 120 cm³/mol. The molecule has 6 nitrogen and oxygen atoms in total. The molecule has 32 heavy (non-hydrogen) atoms. The van der Waals surface area contributed by atoms with Crippen molar-refractivity contribution in [3.8, 4) is 5.75 Å². The van der Waals surface area contributed by atoms with Crippen LogP contribution in [-0.4, -0.2) is 24.8 Å². The third-order valence-electron chi connectivity index (χ3n) is 7.46. The SMILES string of the molecule is COc1ccc(Cl)cc1NC(=O)c1ccc(N2C(=O)[C@@H]3[C@H]4C=C[C@@H]([C@@H]5C[C@H]45)[C@@H]3C2=O)cc1. The fourth-order valence-corrected chi connectivity index (χ4v) is 6.12. The van der Waals surface area contributed by atoms with Crippen molar-refractivity contribution in [1.82, 2.24) is 0 Å². The predicted octanol–water partition coefficient (Wildman–Crippen LogP) is 4.16. The lowest BCUT2D eigenvalue weighted by molar-refractivity contribution is -0.124. The van der Waals surface area contributed by atoms with E-state index in [1.165, 1.54) is 12.0 Å². The van der Waals surface area contributed by atoms with Gasteiger partial charge in [0.15, 0.2) is 0 Å². The number of halogens is 1. The zero-order valence-corrected chi connectivity index (χ0v) is 18.1. The number of hydrogen-bond acceptors (Lipinski definition) is 4. The third kappa shape index (κ3) is 2.75. The summed E-state index contributed by atoms with van der Waals surface area (Å²) in [6, 6.07) is 11.5. The second-order valence-corrected chi connectivity index (χ2v) is 9.45. The van der Waals surface area contributed by atoms with E-state index in [4.69, 9.17) is 16.3 Å². The van der Waals surface area contributed by atoms with E-state index in [-0.39, 0.29) is 41.4 Å². The normalized spacial score (nSPS) is 31.4. The Labute approximate surface area is 190 Å². The van der Waals surface area contributed by atoms with Gasteiger partial charge in [-0.25, -0.2) is 0 Å². The van der Waals surface area contributed by atoms with Crippen LogP contribution < -0.4 is 15.0 Å². The molecule has 2 saturated carbocycles. The van der Waals surface area contributed by atoms with Gasteiger partial charge in [0.05, 0.1) is 30.3 Å². The Morgan fingerprint density at radius 2 is 1.62 bits per heavy atom. The van der Waals surface area contributed by atoms with Crippen LogP contribution in [0.3, 0.4) is 0 Å². The molecule has 1 N–H and O–H groups in total. The van der Waals surface area contributed by atoms with Gasteiger partial charge in [0.2, 0.25) is 11.8 Å². The Balaban J connectivity index is 1.23. The van der Waals surface area contributed by atoms with E-state index in [2.05, 4.69) is 17.5 Å². The molecule has 6 atom stereocenters. The van der Waals surface area contributed by atoms with Gasteiger partial charge < -0.3 is 10.1 Å². The van der Waals surface area contributed by atoms with Crippen LogP contribution in [-0.2, 0) is 9.59 Å². The lowest BCUT2D eigenvalue weighted by Crippen LogP contribution is -2.40. The molecule has 3 amide bonds. The Morgan fingerprint density at radius 1 is 1.00 bits per heavy atom. The largest absolute Gasteiger partial charge is 0.495 e. The second kappa shape index (κ2) is 6.94. The zero-order valence-electron chi connectivity index (χ0n) is 17.3. The van der Waals surface area contributed by atoms with Crippen molar-refractivity contribution in [1.29, 1.82) is 0 Å². The molecule has 0 aromatic heterocycles. The van der Waals surface area contributed by atoms with Gasteiger partial charge in [-0.2, -0.15) is 0 Å². The van der Waals surface area contributed by atoms with Gasteiger partial charge in [-0.05, 0) is 72.6 Å². The summed E-state index contributed by atoms with van der Waals surface area (Å²) >= 11 is 6.03. The van der Waals surface area contributed by atoms with Crippen LogP contribution in [0, 0.1) is 35.5 Å². The highest BCUT2D eigenvalue weighted by atomic mass is 35.5. The summed E-state index contributed by atoms with van der Waals surface area (Å²) < 4.78 is 5.27. The quantitative estimate of drug-likeness (QED) is 0.563. The molecule has 3 fully saturated rings. The fraction of sp³-hybridized carbons (Fsp3) is 0.320. The van der Waals surface area contributed by atoms with Gasteiger partial charge in [-0.1, -0.05) is 23.8 Å². The van der Waals surface area contributed by atoms with E-state index in [1.54, 1.807) is 42.5 Å². The van der Waals surface area contributed by atoms with E-state index in [0.29, 0.717) is 39.5 Å². The highest BCUT2D eigenvalue weighted by Crippen LogP contribution is 2.65. The van der Waals surface area contributed by atoms with Crippen LogP contribution in [0.4, 0.5) is 11.4 Å². The number of hydrogen-bond donors (Lipinski definition) is 1. The Morgan fingerprint density at radius 3 is 2.22 bits per heavy atom. The maximum absolute atomic E-state index is 13.2. The maximum atomic E-state index is 13.2.